The monoisotopic (exact) mass is 319 g/mol. The van der Waals surface area contributed by atoms with Gasteiger partial charge in [-0.05, 0) is 31.0 Å². The summed E-state index contributed by atoms with van der Waals surface area (Å²) >= 11 is 3.44. The van der Waals surface area contributed by atoms with Crippen LogP contribution in [-0.2, 0) is 4.79 Å². The molecule has 0 aliphatic carbocycles. The summed E-state index contributed by atoms with van der Waals surface area (Å²) in [6.07, 6.45) is 1.98. The summed E-state index contributed by atoms with van der Waals surface area (Å²) in [4.78, 5) is 14.0. The van der Waals surface area contributed by atoms with Crippen molar-refractivity contribution in [1.29, 1.82) is 5.26 Å². The van der Waals surface area contributed by atoms with Crippen molar-refractivity contribution < 1.29 is 4.79 Å². The van der Waals surface area contributed by atoms with E-state index in [1.54, 1.807) is 0 Å². The predicted octanol–water partition coefficient (Wildman–Crippen LogP) is 2.04. The van der Waals surface area contributed by atoms with Gasteiger partial charge in [0.15, 0.2) is 0 Å². The summed E-state index contributed by atoms with van der Waals surface area (Å²) < 4.78 is 0.904. The van der Waals surface area contributed by atoms with Crippen molar-refractivity contribution in [2.24, 2.45) is 5.92 Å². The number of nitrogens with one attached hydrogen (secondary N) is 1. The van der Waals surface area contributed by atoms with Crippen LogP contribution in [0.2, 0.25) is 0 Å². The standard InChI is InChI=1S/C14H14BrN3O/c15-10-4-9(7-16)5-11(6-10)18-3-1-2-12-13(18)8-17-14(12)19/h4-6,12-13H,1-3,8H2,(H,17,19). The van der Waals surface area contributed by atoms with Gasteiger partial charge in [0.2, 0.25) is 5.91 Å². The third-order valence-electron chi connectivity index (χ3n) is 3.94. The molecule has 2 unspecified atom stereocenters. The Morgan fingerprint density at radius 2 is 2.26 bits per heavy atom. The van der Waals surface area contributed by atoms with Gasteiger partial charge in [-0.25, -0.2) is 0 Å². The topological polar surface area (TPSA) is 56.1 Å². The van der Waals surface area contributed by atoms with E-state index in [0.29, 0.717) is 12.1 Å². The molecule has 19 heavy (non-hydrogen) atoms. The van der Waals surface area contributed by atoms with Gasteiger partial charge in [-0.1, -0.05) is 15.9 Å². The first kappa shape index (κ1) is 12.5. The highest BCUT2D eigenvalue weighted by Crippen LogP contribution is 2.33. The average Bonchev–Trinajstić information content (AvgIpc) is 2.80. The third-order valence-corrected chi connectivity index (χ3v) is 4.40. The molecule has 2 atom stereocenters. The van der Waals surface area contributed by atoms with Crippen LogP contribution in [0.3, 0.4) is 0 Å². The predicted molar refractivity (Wildman–Crippen MR) is 75.7 cm³/mol. The zero-order chi connectivity index (χ0) is 13.4. The number of nitriles is 1. The van der Waals surface area contributed by atoms with Crippen molar-refractivity contribution in [3.05, 3.63) is 28.2 Å². The van der Waals surface area contributed by atoms with Crippen LogP contribution >= 0.6 is 15.9 Å². The summed E-state index contributed by atoms with van der Waals surface area (Å²) in [5, 5.41) is 12.0. The molecule has 0 saturated carbocycles. The van der Waals surface area contributed by atoms with Crippen LogP contribution < -0.4 is 10.2 Å². The second-order valence-corrected chi connectivity index (χ2v) is 5.98. The lowest BCUT2D eigenvalue weighted by atomic mass is 9.91. The van der Waals surface area contributed by atoms with Gasteiger partial charge in [0.1, 0.15) is 0 Å². The Morgan fingerprint density at radius 1 is 1.42 bits per heavy atom. The van der Waals surface area contributed by atoms with Gasteiger partial charge < -0.3 is 10.2 Å². The van der Waals surface area contributed by atoms with Crippen molar-refractivity contribution in [3.63, 3.8) is 0 Å². The third kappa shape index (κ3) is 2.21. The number of rotatable bonds is 1. The first-order valence-electron chi connectivity index (χ1n) is 6.44. The van der Waals surface area contributed by atoms with E-state index in [1.807, 2.05) is 18.2 Å². The highest BCUT2D eigenvalue weighted by atomic mass is 79.9. The van der Waals surface area contributed by atoms with E-state index in [0.717, 1.165) is 29.5 Å². The van der Waals surface area contributed by atoms with Gasteiger partial charge in [0.05, 0.1) is 23.6 Å². The molecular weight excluding hydrogens is 306 g/mol. The number of hydrogen-bond acceptors (Lipinski definition) is 3. The van der Waals surface area contributed by atoms with Crippen LogP contribution in [0.25, 0.3) is 0 Å². The fraction of sp³-hybridized carbons (Fsp3) is 0.429. The van der Waals surface area contributed by atoms with Gasteiger partial charge in [-0.2, -0.15) is 5.26 Å². The number of carbonyl (C=O) groups is 1. The summed E-state index contributed by atoms with van der Waals surface area (Å²) in [6, 6.07) is 8.13. The molecule has 2 aliphatic rings. The molecule has 0 radical (unpaired) electrons. The molecule has 0 spiro atoms. The lowest BCUT2D eigenvalue weighted by Gasteiger charge is -2.37. The molecule has 2 aliphatic heterocycles. The number of nitrogens with zero attached hydrogens (tertiary/aromatic N) is 2. The highest BCUT2D eigenvalue weighted by Gasteiger charge is 2.40. The quantitative estimate of drug-likeness (QED) is 0.861. The minimum absolute atomic E-state index is 0.0956. The van der Waals surface area contributed by atoms with Crippen LogP contribution in [0.1, 0.15) is 18.4 Å². The lowest BCUT2D eigenvalue weighted by molar-refractivity contribution is -0.122. The summed E-state index contributed by atoms with van der Waals surface area (Å²) in [5.74, 6) is 0.267. The first-order valence-corrected chi connectivity index (χ1v) is 7.23. The van der Waals surface area contributed by atoms with Crippen LogP contribution in [0.15, 0.2) is 22.7 Å². The summed E-state index contributed by atoms with van der Waals surface area (Å²) in [5.41, 5.74) is 1.67. The molecule has 2 heterocycles. The Hall–Kier alpha value is -1.54. The lowest BCUT2D eigenvalue weighted by Crippen LogP contribution is -2.45. The minimum Gasteiger partial charge on any atom is -0.366 e. The van der Waals surface area contributed by atoms with Crippen LogP contribution in [0.5, 0.6) is 0 Å². The number of benzene rings is 1. The number of anilines is 1. The Kier molecular flexibility index (Phi) is 3.19. The van der Waals surface area contributed by atoms with Crippen LogP contribution in [0, 0.1) is 17.2 Å². The molecule has 5 heteroatoms. The van der Waals surface area contributed by atoms with Crippen LogP contribution in [-0.4, -0.2) is 25.0 Å². The maximum atomic E-state index is 11.8. The van der Waals surface area contributed by atoms with Gasteiger partial charge in [-0.3, -0.25) is 4.79 Å². The molecule has 1 N–H and O–H groups in total. The van der Waals surface area contributed by atoms with E-state index in [9.17, 15) is 4.79 Å². The van der Waals surface area contributed by atoms with E-state index in [-0.39, 0.29) is 17.9 Å². The molecule has 2 fully saturated rings. The molecule has 3 rings (SSSR count). The maximum absolute atomic E-state index is 11.8. The second kappa shape index (κ2) is 4.86. The van der Waals surface area contributed by atoms with Crippen molar-refractivity contribution in [2.45, 2.75) is 18.9 Å². The molecular formula is C14H14BrN3O. The molecule has 1 amide bonds. The number of carbonyl (C=O) groups excluding carboxylic acids is 1. The molecule has 1 aromatic rings. The first-order chi connectivity index (χ1) is 9.19. The minimum atomic E-state index is 0.0956. The van der Waals surface area contributed by atoms with Crippen molar-refractivity contribution in [3.8, 4) is 6.07 Å². The van der Waals surface area contributed by atoms with Crippen molar-refractivity contribution in [1.82, 2.24) is 5.32 Å². The van der Waals surface area contributed by atoms with Gasteiger partial charge >= 0.3 is 0 Å². The van der Waals surface area contributed by atoms with E-state index < -0.39 is 0 Å². The van der Waals surface area contributed by atoms with E-state index in [1.165, 1.54) is 0 Å². The van der Waals surface area contributed by atoms with Crippen LogP contribution in [0.4, 0.5) is 5.69 Å². The fourth-order valence-corrected chi connectivity index (χ4v) is 3.56. The zero-order valence-electron chi connectivity index (χ0n) is 10.4. The summed E-state index contributed by atoms with van der Waals surface area (Å²) in [6.45, 7) is 1.65. The maximum Gasteiger partial charge on any atom is 0.225 e. The Balaban J connectivity index is 1.95. The van der Waals surface area contributed by atoms with Gasteiger partial charge in [0.25, 0.3) is 0 Å². The molecule has 1 aromatic carbocycles. The second-order valence-electron chi connectivity index (χ2n) is 5.06. The van der Waals surface area contributed by atoms with Crippen molar-refractivity contribution in [2.75, 3.05) is 18.0 Å². The van der Waals surface area contributed by atoms with E-state index in [2.05, 4.69) is 32.2 Å². The summed E-state index contributed by atoms with van der Waals surface area (Å²) in [7, 11) is 0. The van der Waals surface area contributed by atoms with E-state index >= 15 is 0 Å². The normalized spacial score (nSPS) is 25.7. The molecule has 2 saturated heterocycles. The van der Waals surface area contributed by atoms with Gasteiger partial charge in [0, 0.05) is 23.2 Å². The number of hydrogen-bond donors (Lipinski definition) is 1. The SMILES string of the molecule is N#Cc1cc(Br)cc(N2CCCC3C(=O)NCC32)c1. The number of piperidine rings is 1. The molecule has 0 aromatic heterocycles. The number of amides is 1. The highest BCUT2D eigenvalue weighted by molar-refractivity contribution is 9.10. The Bertz CT molecular complexity index is 566. The smallest absolute Gasteiger partial charge is 0.225 e. The Labute approximate surface area is 120 Å². The largest absolute Gasteiger partial charge is 0.366 e. The zero-order valence-corrected chi connectivity index (χ0v) is 12.0. The molecule has 0 bridgehead atoms. The fourth-order valence-electron chi connectivity index (χ4n) is 3.08. The van der Waals surface area contributed by atoms with E-state index in [4.69, 9.17) is 5.26 Å². The Morgan fingerprint density at radius 3 is 3.05 bits per heavy atom. The van der Waals surface area contributed by atoms with Crippen molar-refractivity contribution >= 4 is 27.5 Å². The number of fused-ring (bicyclic) bond motifs is 1. The average molecular weight is 320 g/mol. The number of halogens is 1. The van der Waals surface area contributed by atoms with Gasteiger partial charge in [-0.15, -0.1) is 0 Å². The molecule has 4 nitrogen and oxygen atoms in total. The molecule has 98 valence electrons.